The van der Waals surface area contributed by atoms with Crippen molar-refractivity contribution in [2.45, 2.75) is 57.4 Å². The quantitative estimate of drug-likeness (QED) is 0.172. The lowest BCUT2D eigenvalue weighted by atomic mass is 9.79. The first-order valence-corrected chi connectivity index (χ1v) is 22.1. The van der Waals surface area contributed by atoms with Gasteiger partial charge in [-0.1, -0.05) is 140 Å². The van der Waals surface area contributed by atoms with Gasteiger partial charge >= 0.3 is 0 Å². The van der Waals surface area contributed by atoms with Gasteiger partial charge in [0.25, 0.3) is 0 Å². The molecule has 0 saturated heterocycles. The largest absolute Gasteiger partial charge is 0.465 e. The molecular weight excluding hydrogens is 727 g/mol. The number of nitrogens with zero attached hydrogens (tertiary/aromatic N) is 1. The van der Waals surface area contributed by atoms with E-state index in [2.05, 4.69) is 157 Å². The van der Waals surface area contributed by atoms with Gasteiger partial charge in [0.1, 0.15) is 22.9 Å². The van der Waals surface area contributed by atoms with Gasteiger partial charge in [-0.2, -0.15) is 0 Å². The first-order chi connectivity index (χ1) is 28.7. The van der Waals surface area contributed by atoms with E-state index < -0.39 is 0 Å². The Bertz CT molecular complexity index is 2950. The highest BCUT2D eigenvalue weighted by molar-refractivity contribution is 7.17. The minimum atomic E-state index is 0.144. The number of furan rings is 1. The Morgan fingerprint density at radius 1 is 0.672 bits per heavy atom. The third-order valence-electron chi connectivity index (χ3n) is 13.4. The van der Waals surface area contributed by atoms with Crippen molar-refractivity contribution < 1.29 is 9.15 Å². The summed E-state index contributed by atoms with van der Waals surface area (Å²) in [6.07, 6.45) is 39.3. The van der Waals surface area contributed by atoms with E-state index in [0.29, 0.717) is 17.8 Å². The molecule has 0 radical (unpaired) electrons. The number of allylic oxidation sites excluding steroid dienone is 14. The number of benzene rings is 3. The Kier molecular flexibility index (Phi) is 8.21. The Balaban J connectivity index is 0.882. The summed E-state index contributed by atoms with van der Waals surface area (Å²) >= 11 is 1.97. The van der Waals surface area contributed by atoms with Crippen LogP contribution in [0.2, 0.25) is 0 Å². The van der Waals surface area contributed by atoms with Crippen molar-refractivity contribution >= 4 is 50.2 Å². The molecule has 2 aromatic heterocycles. The van der Waals surface area contributed by atoms with Crippen LogP contribution in [0.15, 0.2) is 178 Å². The van der Waals surface area contributed by atoms with E-state index in [-0.39, 0.29) is 6.04 Å². The van der Waals surface area contributed by atoms with Gasteiger partial charge in [0.05, 0.1) is 10.6 Å². The summed E-state index contributed by atoms with van der Waals surface area (Å²) in [6.45, 7) is 0. The molecule has 6 aliphatic carbocycles. The van der Waals surface area contributed by atoms with Gasteiger partial charge in [-0.25, -0.2) is 0 Å². The maximum Gasteiger partial charge on any atom is 0.134 e. The van der Waals surface area contributed by atoms with Gasteiger partial charge < -0.3 is 14.1 Å². The molecule has 0 fully saturated rings. The minimum absolute atomic E-state index is 0.144. The fourth-order valence-corrected chi connectivity index (χ4v) is 12.0. The molecule has 7 aliphatic rings. The molecule has 0 saturated carbocycles. The number of fused-ring (bicyclic) bond motifs is 8. The van der Waals surface area contributed by atoms with Crippen molar-refractivity contribution in [3.8, 4) is 11.1 Å². The van der Waals surface area contributed by atoms with Crippen molar-refractivity contribution in [3.63, 3.8) is 0 Å². The zero-order chi connectivity index (χ0) is 38.2. The Morgan fingerprint density at radius 2 is 1.53 bits per heavy atom. The summed E-state index contributed by atoms with van der Waals surface area (Å²) in [6, 6.07) is 26.3. The molecule has 3 heterocycles. The van der Waals surface area contributed by atoms with Gasteiger partial charge in [0.15, 0.2) is 0 Å². The molecule has 284 valence electrons. The molecule has 4 unspecified atom stereocenters. The van der Waals surface area contributed by atoms with Crippen LogP contribution in [-0.2, 0) is 11.2 Å². The second-order valence-electron chi connectivity index (χ2n) is 16.7. The van der Waals surface area contributed by atoms with Crippen molar-refractivity contribution in [3.05, 3.63) is 195 Å². The van der Waals surface area contributed by atoms with Crippen LogP contribution in [0, 0.1) is 17.8 Å². The SMILES string of the molecule is C1=CC2=C(CC1)OC1=C(C3C=CC(C4C=CC(N(C5=c6sc7c(-c8ccccc8)cccc7c6=CCC5)C5C=Cc6c(oc7ccccc67)C5)=CC4)=CC3)C=CCC21. The number of ether oxygens (including phenoxy) is 1. The minimum Gasteiger partial charge on any atom is -0.465 e. The molecule has 12 rings (SSSR count). The predicted molar refractivity (Wildman–Crippen MR) is 240 cm³/mol. The van der Waals surface area contributed by atoms with Crippen LogP contribution in [0.1, 0.15) is 56.3 Å². The van der Waals surface area contributed by atoms with E-state index in [1.807, 2.05) is 11.3 Å². The number of para-hydroxylation sites is 1. The van der Waals surface area contributed by atoms with Crippen LogP contribution < -0.4 is 9.75 Å². The lowest BCUT2D eigenvalue weighted by molar-refractivity contribution is 0.284. The van der Waals surface area contributed by atoms with Gasteiger partial charge in [0, 0.05) is 68.6 Å². The van der Waals surface area contributed by atoms with E-state index in [1.54, 1.807) is 0 Å². The normalized spacial score (nSPS) is 24.3. The zero-order valence-corrected chi connectivity index (χ0v) is 33.4. The first kappa shape index (κ1) is 34.2. The highest BCUT2D eigenvalue weighted by Crippen LogP contribution is 2.47. The fraction of sp³-hybridized carbons (Fsp3) is 0.222. The van der Waals surface area contributed by atoms with Crippen molar-refractivity contribution in [2.24, 2.45) is 17.8 Å². The number of hydrogen-bond acceptors (Lipinski definition) is 4. The Hall–Kier alpha value is -5.84. The van der Waals surface area contributed by atoms with Gasteiger partial charge in [-0.3, -0.25) is 0 Å². The van der Waals surface area contributed by atoms with E-state index >= 15 is 0 Å². The molecule has 0 bridgehead atoms. The second-order valence-corrected chi connectivity index (χ2v) is 17.7. The van der Waals surface area contributed by atoms with Crippen LogP contribution >= 0.6 is 11.3 Å². The molecule has 0 spiro atoms. The van der Waals surface area contributed by atoms with Crippen LogP contribution in [0.3, 0.4) is 0 Å². The Morgan fingerprint density at radius 3 is 2.43 bits per heavy atom. The summed E-state index contributed by atoms with van der Waals surface area (Å²) in [5.74, 6) is 4.61. The maximum absolute atomic E-state index is 6.58. The second kappa shape index (κ2) is 13.9. The summed E-state index contributed by atoms with van der Waals surface area (Å²) in [7, 11) is 0. The average Bonchev–Trinajstić information content (AvgIpc) is 3.99. The third kappa shape index (κ3) is 5.60. The van der Waals surface area contributed by atoms with Crippen molar-refractivity contribution in [2.75, 3.05) is 0 Å². The zero-order valence-electron chi connectivity index (χ0n) is 32.6. The molecule has 0 amide bonds. The Labute approximate surface area is 343 Å². The number of rotatable bonds is 6. The van der Waals surface area contributed by atoms with Gasteiger partial charge in [-0.15, -0.1) is 11.3 Å². The molecule has 58 heavy (non-hydrogen) atoms. The number of hydrogen-bond donors (Lipinski definition) is 0. The van der Waals surface area contributed by atoms with E-state index in [4.69, 9.17) is 9.15 Å². The maximum atomic E-state index is 6.58. The molecular formula is C54H45NO2S. The van der Waals surface area contributed by atoms with Gasteiger partial charge in [-0.05, 0) is 78.2 Å². The standard InChI is InChI=1S/C54H45NO2S/c1-2-11-36(12-3-1)41-16-9-18-46-47-19-10-20-48(54(47)58-53(41)46)55(39-31-32-44-42-13-4-6-21-49(42)56-51(44)33-39)38-29-27-35(28-30-38)34-23-25-37(26-24-34)40-15-8-17-45-43-14-5-7-22-50(43)57-52(40)45/h1-6,8-9,11-16,18-19,21,23-25,27,29-32,35,37,39,45H,7,10,17,20,22,26,28,33H2. The summed E-state index contributed by atoms with van der Waals surface area (Å²) in [5, 5.41) is 3.96. The van der Waals surface area contributed by atoms with Crippen LogP contribution in [0.4, 0.5) is 0 Å². The highest BCUT2D eigenvalue weighted by Gasteiger charge is 2.36. The van der Waals surface area contributed by atoms with Crippen molar-refractivity contribution in [1.29, 1.82) is 0 Å². The summed E-state index contributed by atoms with van der Waals surface area (Å²) < 4.78 is 15.9. The topological polar surface area (TPSA) is 25.6 Å². The fourth-order valence-electron chi connectivity index (χ4n) is 10.6. The molecule has 3 nitrogen and oxygen atoms in total. The predicted octanol–water partition coefficient (Wildman–Crippen LogP) is 12.4. The van der Waals surface area contributed by atoms with E-state index in [1.165, 1.54) is 81.5 Å². The highest BCUT2D eigenvalue weighted by atomic mass is 32.1. The third-order valence-corrected chi connectivity index (χ3v) is 14.7. The van der Waals surface area contributed by atoms with Crippen LogP contribution in [0.25, 0.3) is 50.0 Å². The first-order valence-electron chi connectivity index (χ1n) is 21.3. The van der Waals surface area contributed by atoms with Crippen LogP contribution in [-0.4, -0.2) is 10.9 Å². The molecule has 0 N–H and O–H groups in total. The van der Waals surface area contributed by atoms with Crippen molar-refractivity contribution in [1.82, 2.24) is 4.90 Å². The molecule has 1 aliphatic heterocycles. The van der Waals surface area contributed by atoms with Gasteiger partial charge in [0.2, 0.25) is 0 Å². The lowest BCUT2D eigenvalue weighted by Crippen LogP contribution is -2.40. The molecule has 5 aromatic rings. The summed E-state index contributed by atoms with van der Waals surface area (Å²) in [5.41, 5.74) is 11.7. The molecule has 4 heteroatoms. The van der Waals surface area contributed by atoms with E-state index in [0.717, 1.165) is 62.7 Å². The smallest absolute Gasteiger partial charge is 0.134 e. The average molecular weight is 772 g/mol. The lowest BCUT2D eigenvalue weighted by Gasteiger charge is -2.37. The number of thiophene rings is 1. The monoisotopic (exact) mass is 771 g/mol. The summed E-state index contributed by atoms with van der Waals surface area (Å²) in [4.78, 5) is 2.67. The molecule has 3 aromatic carbocycles. The van der Waals surface area contributed by atoms with E-state index in [9.17, 15) is 0 Å². The molecule has 4 atom stereocenters. The van der Waals surface area contributed by atoms with Crippen LogP contribution in [0.5, 0.6) is 0 Å².